The highest BCUT2D eigenvalue weighted by molar-refractivity contribution is 5.63. The van der Waals surface area contributed by atoms with Crippen LogP contribution in [0.2, 0.25) is 0 Å². The van der Waals surface area contributed by atoms with Crippen LogP contribution in [0.15, 0.2) is 30.3 Å². The highest BCUT2D eigenvalue weighted by Crippen LogP contribution is 2.08. The lowest BCUT2D eigenvalue weighted by Crippen LogP contribution is -2.14. The topological polar surface area (TPSA) is 61.5 Å². The average molecular weight is 153 g/mol. The summed E-state index contributed by atoms with van der Waals surface area (Å²) in [4.78, 5) is 14.2. The van der Waals surface area contributed by atoms with Gasteiger partial charge in [-0.2, -0.15) is 5.90 Å². The van der Waals surface area contributed by atoms with E-state index in [4.69, 9.17) is 0 Å². The molecular formula is C7H7NO3. The summed E-state index contributed by atoms with van der Waals surface area (Å²) in [7, 11) is 0. The molecular weight excluding hydrogens is 146 g/mol. The minimum Gasteiger partial charge on any atom is -0.394 e. The quantitative estimate of drug-likeness (QED) is 0.372. The molecule has 0 fully saturated rings. The molecule has 1 rings (SSSR count). The van der Waals surface area contributed by atoms with Gasteiger partial charge in [0.05, 0.1) is 0 Å². The summed E-state index contributed by atoms with van der Waals surface area (Å²) in [6.45, 7) is 0. The first kappa shape index (κ1) is 7.56. The van der Waals surface area contributed by atoms with Crippen LogP contribution in [0.4, 0.5) is 4.79 Å². The highest BCUT2D eigenvalue weighted by Gasteiger charge is 2.01. The Morgan fingerprint density at radius 2 is 1.91 bits per heavy atom. The first-order valence-electron chi connectivity index (χ1n) is 2.96. The van der Waals surface area contributed by atoms with Crippen LogP contribution in [0, 0.1) is 0 Å². The Labute approximate surface area is 63.5 Å². The van der Waals surface area contributed by atoms with Gasteiger partial charge in [-0.3, -0.25) is 0 Å². The van der Waals surface area contributed by atoms with Gasteiger partial charge in [-0.1, -0.05) is 18.2 Å². The molecule has 4 heteroatoms. The summed E-state index contributed by atoms with van der Waals surface area (Å²) < 4.78 is 4.58. The van der Waals surface area contributed by atoms with Crippen LogP contribution >= 0.6 is 0 Å². The van der Waals surface area contributed by atoms with Gasteiger partial charge in [-0.05, 0) is 12.1 Å². The zero-order valence-corrected chi connectivity index (χ0v) is 5.69. The van der Waals surface area contributed by atoms with E-state index >= 15 is 0 Å². The number of nitrogens with two attached hydrogens (primary N) is 1. The van der Waals surface area contributed by atoms with Gasteiger partial charge < -0.3 is 9.57 Å². The number of rotatable bonds is 1. The van der Waals surface area contributed by atoms with Crippen LogP contribution in [0.5, 0.6) is 5.75 Å². The average Bonchev–Trinajstić information content (AvgIpc) is 2.06. The molecule has 11 heavy (non-hydrogen) atoms. The van der Waals surface area contributed by atoms with Gasteiger partial charge in [0.2, 0.25) is 0 Å². The lowest BCUT2D eigenvalue weighted by atomic mass is 10.3. The van der Waals surface area contributed by atoms with Crippen LogP contribution in [0.3, 0.4) is 0 Å². The number of carbonyl (C=O) groups excluding carboxylic acids is 1. The molecule has 0 aliphatic heterocycles. The van der Waals surface area contributed by atoms with E-state index in [1.807, 2.05) is 0 Å². The van der Waals surface area contributed by atoms with Crippen molar-refractivity contribution in [1.82, 2.24) is 0 Å². The summed E-state index contributed by atoms with van der Waals surface area (Å²) in [5, 5.41) is 0. The molecule has 0 bridgehead atoms. The Kier molecular flexibility index (Phi) is 2.46. The number of hydrogen-bond donors (Lipinski definition) is 1. The van der Waals surface area contributed by atoms with E-state index in [2.05, 4.69) is 15.5 Å². The first-order chi connectivity index (χ1) is 5.33. The smallest absolute Gasteiger partial charge is 0.394 e. The van der Waals surface area contributed by atoms with Crippen molar-refractivity contribution >= 4 is 6.16 Å². The molecule has 0 aliphatic rings. The molecule has 0 amide bonds. The van der Waals surface area contributed by atoms with E-state index in [0.29, 0.717) is 5.75 Å². The Hall–Kier alpha value is -1.55. The molecule has 2 N–H and O–H groups in total. The molecule has 58 valence electrons. The molecule has 0 spiro atoms. The molecule has 0 unspecified atom stereocenters. The Bertz CT molecular complexity index is 235. The molecule has 0 atom stereocenters. The van der Waals surface area contributed by atoms with Crippen molar-refractivity contribution in [3.8, 4) is 5.75 Å². The van der Waals surface area contributed by atoms with E-state index in [0.717, 1.165) is 0 Å². The fourth-order valence-electron chi connectivity index (χ4n) is 0.609. The number of ether oxygens (including phenoxy) is 1. The predicted octanol–water partition coefficient (Wildman–Crippen LogP) is 1.08. The van der Waals surface area contributed by atoms with E-state index in [-0.39, 0.29) is 0 Å². The molecule has 0 aliphatic carbocycles. The van der Waals surface area contributed by atoms with Crippen LogP contribution in [-0.2, 0) is 4.84 Å². The summed E-state index contributed by atoms with van der Waals surface area (Å²) >= 11 is 0. The minimum atomic E-state index is -0.920. The number of benzene rings is 1. The van der Waals surface area contributed by atoms with Crippen LogP contribution < -0.4 is 10.6 Å². The number of para-hydroxylation sites is 1. The van der Waals surface area contributed by atoms with Gasteiger partial charge in [0, 0.05) is 0 Å². The normalized spacial score (nSPS) is 8.82. The van der Waals surface area contributed by atoms with Crippen molar-refractivity contribution in [3.63, 3.8) is 0 Å². The summed E-state index contributed by atoms with van der Waals surface area (Å²) in [5.74, 6) is 4.95. The van der Waals surface area contributed by atoms with Crippen LogP contribution in [0.25, 0.3) is 0 Å². The second kappa shape index (κ2) is 3.58. The Morgan fingerprint density at radius 1 is 1.27 bits per heavy atom. The third kappa shape index (κ3) is 2.27. The van der Waals surface area contributed by atoms with Crippen molar-refractivity contribution < 1.29 is 14.4 Å². The molecule has 0 heterocycles. The summed E-state index contributed by atoms with van der Waals surface area (Å²) in [5.41, 5.74) is 0. The lowest BCUT2D eigenvalue weighted by molar-refractivity contribution is 0.0997. The SMILES string of the molecule is NOC(=O)Oc1ccccc1. The molecule has 0 saturated carbocycles. The van der Waals surface area contributed by atoms with E-state index < -0.39 is 6.16 Å². The third-order valence-electron chi connectivity index (χ3n) is 1.04. The molecule has 0 saturated heterocycles. The van der Waals surface area contributed by atoms with Crippen molar-refractivity contribution in [2.24, 2.45) is 5.90 Å². The van der Waals surface area contributed by atoms with Gasteiger partial charge in [0.25, 0.3) is 0 Å². The largest absolute Gasteiger partial charge is 0.533 e. The van der Waals surface area contributed by atoms with Crippen molar-refractivity contribution in [2.75, 3.05) is 0 Å². The Morgan fingerprint density at radius 3 is 2.45 bits per heavy atom. The molecule has 0 aromatic heterocycles. The van der Waals surface area contributed by atoms with E-state index in [1.165, 1.54) is 0 Å². The van der Waals surface area contributed by atoms with Gasteiger partial charge >= 0.3 is 6.16 Å². The van der Waals surface area contributed by atoms with Crippen molar-refractivity contribution in [2.45, 2.75) is 0 Å². The number of hydrogen-bond acceptors (Lipinski definition) is 4. The van der Waals surface area contributed by atoms with E-state index in [9.17, 15) is 4.79 Å². The molecule has 1 aromatic rings. The maximum atomic E-state index is 10.4. The lowest BCUT2D eigenvalue weighted by Gasteiger charge is -1.99. The summed E-state index contributed by atoms with van der Waals surface area (Å²) in [6.07, 6.45) is -0.920. The monoisotopic (exact) mass is 153 g/mol. The first-order valence-corrected chi connectivity index (χ1v) is 2.96. The maximum Gasteiger partial charge on any atom is 0.533 e. The highest BCUT2D eigenvalue weighted by atomic mass is 16.8. The zero-order valence-electron chi connectivity index (χ0n) is 5.69. The van der Waals surface area contributed by atoms with Crippen LogP contribution in [-0.4, -0.2) is 6.16 Å². The van der Waals surface area contributed by atoms with E-state index in [1.54, 1.807) is 30.3 Å². The van der Waals surface area contributed by atoms with Gasteiger partial charge in [0.15, 0.2) is 0 Å². The van der Waals surface area contributed by atoms with Crippen LogP contribution in [0.1, 0.15) is 0 Å². The summed E-state index contributed by atoms with van der Waals surface area (Å²) in [6, 6.07) is 8.52. The third-order valence-corrected chi connectivity index (χ3v) is 1.04. The second-order valence-corrected chi connectivity index (χ2v) is 1.78. The Balaban J connectivity index is 2.58. The molecule has 0 radical (unpaired) electrons. The standard InChI is InChI=1S/C7H7NO3/c8-11-7(9)10-6-4-2-1-3-5-6/h1-5H,8H2. The van der Waals surface area contributed by atoms with Gasteiger partial charge in [-0.25, -0.2) is 4.79 Å². The fraction of sp³-hybridized carbons (Fsp3) is 0. The second-order valence-electron chi connectivity index (χ2n) is 1.78. The molecule has 1 aromatic carbocycles. The van der Waals surface area contributed by atoms with Gasteiger partial charge in [0.1, 0.15) is 5.75 Å². The fourth-order valence-corrected chi connectivity index (χ4v) is 0.609. The number of carbonyl (C=O) groups is 1. The van der Waals surface area contributed by atoms with Crippen molar-refractivity contribution in [1.29, 1.82) is 0 Å². The predicted molar refractivity (Wildman–Crippen MR) is 37.7 cm³/mol. The zero-order chi connectivity index (χ0) is 8.10. The minimum absolute atomic E-state index is 0.406. The maximum absolute atomic E-state index is 10.4. The van der Waals surface area contributed by atoms with Gasteiger partial charge in [-0.15, -0.1) is 0 Å². The van der Waals surface area contributed by atoms with Crippen molar-refractivity contribution in [3.05, 3.63) is 30.3 Å². The molecule has 4 nitrogen and oxygen atoms in total.